The number of hydrogen-bond donors (Lipinski definition) is 0. The molecule has 1 atom stereocenters. The summed E-state index contributed by atoms with van der Waals surface area (Å²) in [5.41, 5.74) is 0. The van der Waals surface area contributed by atoms with Gasteiger partial charge in [0.05, 0.1) is 10.7 Å². The molecule has 0 aromatic carbocycles. The number of carbonyl (C=O) groups excluding carboxylic acids is 1. The Morgan fingerprint density at radius 2 is 2.14 bits per heavy atom. The van der Waals surface area contributed by atoms with Gasteiger partial charge in [0.25, 0.3) is 0 Å². The zero-order valence-electron chi connectivity index (χ0n) is 12.5. The third-order valence-corrected chi connectivity index (χ3v) is 5.24. The molecule has 5 nitrogen and oxygen atoms in total. The first-order valence-electron chi connectivity index (χ1n) is 7.36. The summed E-state index contributed by atoms with van der Waals surface area (Å²) in [6.45, 7) is 6.18. The molecule has 0 spiro atoms. The minimum absolute atomic E-state index is 0.164. The van der Waals surface area contributed by atoms with Gasteiger partial charge in [0.1, 0.15) is 6.04 Å². The fraction of sp³-hybridized carbons (Fsp3) is 0.467. The van der Waals surface area contributed by atoms with Crippen LogP contribution in [-0.2, 0) is 11.3 Å². The predicted octanol–water partition coefficient (Wildman–Crippen LogP) is 2.50. The number of nitrogens with zero attached hydrogens (tertiary/aromatic N) is 4. The molecule has 1 aliphatic rings. The minimum Gasteiger partial charge on any atom is -0.338 e. The smallest absolute Gasteiger partial charge is 0.245 e. The molecule has 7 heteroatoms. The maximum absolute atomic E-state index is 12.5. The molecule has 1 fully saturated rings. The summed E-state index contributed by atoms with van der Waals surface area (Å²) in [5.74, 6) is 0.164. The van der Waals surface area contributed by atoms with Crippen molar-refractivity contribution in [3.8, 4) is 0 Å². The van der Waals surface area contributed by atoms with Gasteiger partial charge in [-0.1, -0.05) is 11.6 Å². The third kappa shape index (κ3) is 3.51. The highest BCUT2D eigenvalue weighted by molar-refractivity contribution is 7.16. The molecular weight excluding hydrogens is 320 g/mol. The van der Waals surface area contributed by atoms with Crippen molar-refractivity contribution in [2.24, 2.45) is 0 Å². The number of rotatable bonds is 4. The zero-order valence-corrected chi connectivity index (χ0v) is 14.1. The first kappa shape index (κ1) is 15.5. The van der Waals surface area contributed by atoms with E-state index in [4.69, 9.17) is 11.6 Å². The Morgan fingerprint density at radius 3 is 2.73 bits per heavy atom. The fourth-order valence-corrected chi connectivity index (χ4v) is 3.80. The van der Waals surface area contributed by atoms with E-state index in [2.05, 4.69) is 16.0 Å². The van der Waals surface area contributed by atoms with Crippen LogP contribution >= 0.6 is 22.9 Å². The fourth-order valence-electron chi connectivity index (χ4n) is 2.67. The first-order valence-corrected chi connectivity index (χ1v) is 8.56. The van der Waals surface area contributed by atoms with Gasteiger partial charge in [0.2, 0.25) is 5.91 Å². The molecule has 0 unspecified atom stereocenters. The highest BCUT2D eigenvalue weighted by Gasteiger charge is 2.25. The molecule has 0 bridgehead atoms. The van der Waals surface area contributed by atoms with E-state index in [0.717, 1.165) is 37.1 Å². The second kappa shape index (κ2) is 6.81. The predicted molar refractivity (Wildman–Crippen MR) is 88.1 cm³/mol. The highest BCUT2D eigenvalue weighted by Crippen LogP contribution is 2.23. The number of piperazine rings is 1. The van der Waals surface area contributed by atoms with E-state index in [1.165, 1.54) is 4.88 Å². The standard InChI is InChI=1S/C15H19ClN4OS/c1-12(20-5-4-17-11-20)15(21)19-8-6-18(7-9-19)10-13-2-3-14(16)22-13/h2-5,11-12H,6-10H2,1H3/t12-/m1/s1. The summed E-state index contributed by atoms with van der Waals surface area (Å²) in [6, 6.07) is 3.82. The second-order valence-corrected chi connectivity index (χ2v) is 7.29. The van der Waals surface area contributed by atoms with Gasteiger partial charge in [-0.05, 0) is 19.1 Å². The van der Waals surface area contributed by atoms with Crippen molar-refractivity contribution in [1.29, 1.82) is 0 Å². The Bertz CT molecular complexity index is 619. The van der Waals surface area contributed by atoms with Crippen LogP contribution in [0.5, 0.6) is 0 Å². The van der Waals surface area contributed by atoms with Gasteiger partial charge in [-0.25, -0.2) is 4.98 Å². The highest BCUT2D eigenvalue weighted by atomic mass is 35.5. The van der Waals surface area contributed by atoms with Gasteiger partial charge in [-0.15, -0.1) is 11.3 Å². The van der Waals surface area contributed by atoms with Crippen molar-refractivity contribution in [2.45, 2.75) is 19.5 Å². The summed E-state index contributed by atoms with van der Waals surface area (Å²) in [5, 5.41) is 0. The van der Waals surface area contributed by atoms with Gasteiger partial charge in [-0.2, -0.15) is 0 Å². The van der Waals surface area contributed by atoms with Crippen LogP contribution in [0.15, 0.2) is 30.9 Å². The number of thiophene rings is 1. The van der Waals surface area contributed by atoms with Gasteiger partial charge in [0.15, 0.2) is 0 Å². The summed E-state index contributed by atoms with van der Waals surface area (Å²) in [4.78, 5) is 22.1. The summed E-state index contributed by atoms with van der Waals surface area (Å²) >= 11 is 7.59. The summed E-state index contributed by atoms with van der Waals surface area (Å²) < 4.78 is 2.68. The Balaban J connectivity index is 1.52. The lowest BCUT2D eigenvalue weighted by Gasteiger charge is -2.35. The molecule has 0 saturated carbocycles. The lowest BCUT2D eigenvalue weighted by atomic mass is 10.2. The molecule has 22 heavy (non-hydrogen) atoms. The summed E-state index contributed by atoms with van der Waals surface area (Å²) in [6.07, 6.45) is 5.23. The van der Waals surface area contributed by atoms with Crippen molar-refractivity contribution in [3.63, 3.8) is 0 Å². The molecular formula is C15H19ClN4OS. The van der Waals surface area contributed by atoms with E-state index < -0.39 is 0 Å². The zero-order chi connectivity index (χ0) is 15.5. The van der Waals surface area contributed by atoms with Crippen LogP contribution in [0.3, 0.4) is 0 Å². The minimum atomic E-state index is -0.190. The Morgan fingerprint density at radius 1 is 1.36 bits per heavy atom. The van der Waals surface area contributed by atoms with E-state index in [1.54, 1.807) is 23.9 Å². The number of carbonyl (C=O) groups is 1. The van der Waals surface area contributed by atoms with Crippen LogP contribution in [-0.4, -0.2) is 51.4 Å². The average molecular weight is 339 g/mol. The quantitative estimate of drug-likeness (QED) is 0.860. The molecule has 118 valence electrons. The monoisotopic (exact) mass is 338 g/mol. The van der Waals surface area contributed by atoms with Gasteiger partial charge >= 0.3 is 0 Å². The van der Waals surface area contributed by atoms with E-state index in [-0.39, 0.29) is 11.9 Å². The van der Waals surface area contributed by atoms with Gasteiger partial charge in [0, 0.05) is 50.0 Å². The van der Waals surface area contributed by atoms with Gasteiger partial charge < -0.3 is 9.47 Å². The topological polar surface area (TPSA) is 41.4 Å². The molecule has 1 saturated heterocycles. The van der Waals surface area contributed by atoms with Crippen LogP contribution in [0, 0.1) is 0 Å². The third-order valence-electron chi connectivity index (χ3n) is 4.02. The number of imidazole rings is 1. The van der Waals surface area contributed by atoms with Crippen molar-refractivity contribution in [2.75, 3.05) is 26.2 Å². The lowest BCUT2D eigenvalue weighted by molar-refractivity contribution is -0.136. The molecule has 0 N–H and O–H groups in total. The number of halogens is 1. The normalized spacial score (nSPS) is 17.6. The lowest BCUT2D eigenvalue weighted by Crippen LogP contribution is -2.49. The molecule has 2 aromatic heterocycles. The molecule has 3 heterocycles. The van der Waals surface area contributed by atoms with Crippen molar-refractivity contribution in [3.05, 3.63) is 40.1 Å². The maximum atomic E-state index is 12.5. The van der Waals surface area contributed by atoms with E-state index in [9.17, 15) is 4.79 Å². The van der Waals surface area contributed by atoms with E-state index in [1.807, 2.05) is 28.7 Å². The van der Waals surface area contributed by atoms with Crippen molar-refractivity contribution >= 4 is 28.8 Å². The van der Waals surface area contributed by atoms with Crippen molar-refractivity contribution < 1.29 is 4.79 Å². The molecule has 1 amide bonds. The SMILES string of the molecule is C[C@H](C(=O)N1CCN(Cc2ccc(Cl)s2)CC1)n1ccnc1. The molecule has 3 rings (SSSR count). The number of aromatic nitrogens is 2. The number of hydrogen-bond acceptors (Lipinski definition) is 4. The largest absolute Gasteiger partial charge is 0.338 e. The Kier molecular flexibility index (Phi) is 4.81. The Labute approximate surface area is 139 Å². The molecule has 1 aliphatic heterocycles. The van der Waals surface area contributed by atoms with Crippen LogP contribution in [0.4, 0.5) is 0 Å². The van der Waals surface area contributed by atoms with Crippen molar-refractivity contribution in [1.82, 2.24) is 19.4 Å². The van der Waals surface area contributed by atoms with Crippen LogP contribution < -0.4 is 0 Å². The van der Waals surface area contributed by atoms with Crippen LogP contribution in [0.1, 0.15) is 17.8 Å². The second-order valence-electron chi connectivity index (χ2n) is 5.49. The molecule has 0 radical (unpaired) electrons. The van der Waals surface area contributed by atoms with E-state index >= 15 is 0 Å². The summed E-state index contributed by atoms with van der Waals surface area (Å²) in [7, 11) is 0. The van der Waals surface area contributed by atoms with Crippen LogP contribution in [0.25, 0.3) is 0 Å². The molecule has 0 aliphatic carbocycles. The first-order chi connectivity index (χ1) is 10.6. The Hall–Kier alpha value is -1.37. The molecule has 2 aromatic rings. The average Bonchev–Trinajstić information content (AvgIpc) is 3.18. The van der Waals surface area contributed by atoms with E-state index in [0.29, 0.717) is 0 Å². The maximum Gasteiger partial charge on any atom is 0.245 e. The number of amides is 1. The van der Waals surface area contributed by atoms with Crippen LogP contribution in [0.2, 0.25) is 4.34 Å². The van der Waals surface area contributed by atoms with Gasteiger partial charge in [-0.3, -0.25) is 9.69 Å².